The van der Waals surface area contributed by atoms with E-state index in [0.29, 0.717) is 0 Å². The van der Waals surface area contributed by atoms with Crippen LogP contribution >= 0.6 is 11.3 Å². The van der Waals surface area contributed by atoms with Crippen molar-refractivity contribution >= 4 is 39.1 Å². The second-order valence-electron chi connectivity index (χ2n) is 6.14. The van der Waals surface area contributed by atoms with E-state index in [4.69, 9.17) is 4.74 Å². The summed E-state index contributed by atoms with van der Waals surface area (Å²) in [6, 6.07) is 9.50. The van der Waals surface area contributed by atoms with Crippen LogP contribution < -0.4 is 4.80 Å². The van der Waals surface area contributed by atoms with Gasteiger partial charge in [-0.25, -0.2) is 0 Å². The van der Waals surface area contributed by atoms with Crippen molar-refractivity contribution < 1.29 is 19.2 Å². The Kier molecular flexibility index (Phi) is 5.36. The molecule has 144 valence electrons. The van der Waals surface area contributed by atoms with Gasteiger partial charge in [0.15, 0.2) is 4.80 Å². The first-order chi connectivity index (χ1) is 13.3. The number of hydrogen-bond donors (Lipinski definition) is 0. The van der Waals surface area contributed by atoms with Crippen LogP contribution in [0.25, 0.3) is 10.2 Å². The van der Waals surface area contributed by atoms with E-state index in [0.717, 1.165) is 21.3 Å². The largest absolute Gasteiger partial charge is 0.468 e. The minimum Gasteiger partial charge on any atom is -0.468 e. The molecule has 1 aromatic heterocycles. The molecule has 0 atom stereocenters. The average Bonchev–Trinajstić information content (AvgIpc) is 2.98. The molecule has 0 aliphatic rings. The van der Waals surface area contributed by atoms with Gasteiger partial charge >= 0.3 is 5.97 Å². The molecule has 0 unspecified atom stereocenters. The molecule has 2 aromatic carbocycles. The van der Waals surface area contributed by atoms with Crippen molar-refractivity contribution in [2.45, 2.75) is 20.4 Å². The second-order valence-corrected chi connectivity index (χ2v) is 7.15. The van der Waals surface area contributed by atoms with Crippen molar-refractivity contribution in [2.24, 2.45) is 4.99 Å². The number of amides is 1. The molecule has 3 rings (SSSR count). The monoisotopic (exact) mass is 399 g/mol. The van der Waals surface area contributed by atoms with E-state index >= 15 is 0 Å². The maximum Gasteiger partial charge on any atom is 0.325 e. The van der Waals surface area contributed by atoms with Crippen molar-refractivity contribution in [1.82, 2.24) is 4.57 Å². The van der Waals surface area contributed by atoms with Gasteiger partial charge in [-0.05, 0) is 43.2 Å². The number of carbonyl (C=O) groups is 2. The number of ether oxygens (including phenoxy) is 1. The molecule has 3 aromatic rings. The molecular weight excluding hydrogens is 382 g/mol. The van der Waals surface area contributed by atoms with Gasteiger partial charge in [-0.3, -0.25) is 19.7 Å². The molecule has 0 radical (unpaired) electrons. The summed E-state index contributed by atoms with van der Waals surface area (Å²) in [7, 11) is 1.28. The number of rotatable bonds is 4. The molecule has 0 saturated carbocycles. The summed E-state index contributed by atoms with van der Waals surface area (Å²) in [6.45, 7) is 3.79. The molecule has 0 N–H and O–H groups in total. The molecule has 0 spiro atoms. The molecule has 0 fully saturated rings. The first kappa shape index (κ1) is 19.4. The molecule has 28 heavy (non-hydrogen) atoms. The van der Waals surface area contributed by atoms with Crippen LogP contribution in [0.4, 0.5) is 5.69 Å². The van der Waals surface area contributed by atoms with Gasteiger partial charge in [-0.2, -0.15) is 4.99 Å². The van der Waals surface area contributed by atoms with Gasteiger partial charge in [-0.15, -0.1) is 0 Å². The number of fused-ring (bicyclic) bond motifs is 1. The fraction of sp³-hybridized carbons (Fsp3) is 0.211. The lowest BCUT2D eigenvalue weighted by Gasteiger charge is -2.05. The minimum atomic E-state index is -0.745. The van der Waals surface area contributed by atoms with Crippen molar-refractivity contribution in [2.75, 3.05) is 7.11 Å². The van der Waals surface area contributed by atoms with Crippen molar-refractivity contribution in [3.8, 4) is 0 Å². The lowest BCUT2D eigenvalue weighted by atomic mass is 10.1. The third-order valence-corrected chi connectivity index (χ3v) is 5.38. The van der Waals surface area contributed by atoms with Gasteiger partial charge in [0.05, 0.1) is 22.2 Å². The summed E-state index contributed by atoms with van der Waals surface area (Å²) < 4.78 is 7.19. The summed E-state index contributed by atoms with van der Waals surface area (Å²) >= 11 is 1.23. The number of thiazole rings is 1. The third-order valence-electron chi connectivity index (χ3n) is 4.34. The van der Waals surface area contributed by atoms with Crippen molar-refractivity contribution in [3.05, 3.63) is 68.0 Å². The van der Waals surface area contributed by atoms with E-state index in [9.17, 15) is 19.7 Å². The number of hydrogen-bond acceptors (Lipinski definition) is 6. The lowest BCUT2D eigenvalue weighted by molar-refractivity contribution is -0.385. The number of benzene rings is 2. The quantitative estimate of drug-likeness (QED) is 0.381. The highest BCUT2D eigenvalue weighted by Crippen LogP contribution is 2.23. The number of esters is 1. The molecule has 0 bridgehead atoms. The molecule has 1 heterocycles. The summed E-state index contributed by atoms with van der Waals surface area (Å²) in [5, 5.41) is 11.2. The van der Waals surface area contributed by atoms with E-state index in [2.05, 4.69) is 4.99 Å². The lowest BCUT2D eigenvalue weighted by Crippen LogP contribution is -2.22. The zero-order valence-corrected chi connectivity index (χ0v) is 16.3. The smallest absolute Gasteiger partial charge is 0.325 e. The van der Waals surface area contributed by atoms with Gasteiger partial charge in [0, 0.05) is 6.07 Å². The maximum absolute atomic E-state index is 12.7. The normalized spacial score (nSPS) is 11.6. The minimum absolute atomic E-state index is 0.109. The zero-order chi connectivity index (χ0) is 20.4. The number of nitro groups is 1. The van der Waals surface area contributed by atoms with E-state index in [1.54, 1.807) is 4.57 Å². The molecule has 0 aliphatic heterocycles. The highest BCUT2D eigenvalue weighted by molar-refractivity contribution is 7.16. The molecule has 0 saturated heterocycles. The Morgan fingerprint density at radius 1 is 1.21 bits per heavy atom. The Labute approximate surface area is 163 Å². The molecule has 0 aliphatic carbocycles. The number of para-hydroxylation sites is 1. The van der Waals surface area contributed by atoms with Gasteiger partial charge < -0.3 is 9.30 Å². The highest BCUT2D eigenvalue weighted by Gasteiger charge is 2.20. The number of nitrogens with zero attached hydrogens (tertiary/aromatic N) is 3. The summed E-state index contributed by atoms with van der Waals surface area (Å²) in [6.07, 6.45) is 0. The number of aromatic nitrogens is 1. The van der Waals surface area contributed by atoms with Gasteiger partial charge in [0.2, 0.25) is 0 Å². The Morgan fingerprint density at radius 2 is 1.89 bits per heavy atom. The van der Waals surface area contributed by atoms with Crippen molar-refractivity contribution in [1.29, 1.82) is 0 Å². The summed E-state index contributed by atoms with van der Waals surface area (Å²) in [5.41, 5.74) is 2.41. The molecule has 9 heteroatoms. The summed E-state index contributed by atoms with van der Waals surface area (Å²) in [4.78, 5) is 39.5. The third kappa shape index (κ3) is 3.70. The van der Waals surface area contributed by atoms with Gasteiger partial charge in [-0.1, -0.05) is 23.5 Å². The van der Waals surface area contributed by atoms with Crippen LogP contribution in [0.5, 0.6) is 0 Å². The van der Waals surface area contributed by atoms with Crippen LogP contribution in [0.15, 0.2) is 41.4 Å². The standard InChI is InChI=1S/C19H17N3O5S/c1-11-8-15-16(9-12(11)2)28-19(21(15)10-17(23)27-3)20-18(24)13-6-4-5-7-14(13)22(25)26/h4-9H,10H2,1-3H3. The molecule has 1 amide bonds. The second kappa shape index (κ2) is 7.73. The number of aryl methyl sites for hydroxylation is 2. The van der Waals surface area contributed by atoms with E-state index in [-0.39, 0.29) is 22.6 Å². The predicted octanol–water partition coefficient (Wildman–Crippen LogP) is 3.14. The Hall–Kier alpha value is -3.33. The average molecular weight is 399 g/mol. The van der Waals surface area contributed by atoms with Crippen LogP contribution in [0.1, 0.15) is 21.5 Å². The van der Waals surface area contributed by atoms with E-state index < -0.39 is 16.8 Å². The maximum atomic E-state index is 12.7. The first-order valence-electron chi connectivity index (χ1n) is 8.31. The van der Waals surface area contributed by atoms with E-state index in [1.165, 1.54) is 42.7 Å². The number of nitro benzene ring substituents is 1. The Morgan fingerprint density at radius 3 is 2.57 bits per heavy atom. The van der Waals surface area contributed by atoms with Crippen LogP contribution in [0, 0.1) is 24.0 Å². The van der Waals surface area contributed by atoms with Crippen LogP contribution in [0.3, 0.4) is 0 Å². The summed E-state index contributed by atoms with van der Waals surface area (Å²) in [5.74, 6) is -1.23. The first-order valence-corrected chi connectivity index (χ1v) is 9.13. The highest BCUT2D eigenvalue weighted by atomic mass is 32.1. The van der Waals surface area contributed by atoms with Crippen molar-refractivity contribution in [3.63, 3.8) is 0 Å². The fourth-order valence-corrected chi connectivity index (χ4v) is 3.82. The molecular formula is C19H17N3O5S. The van der Waals surface area contributed by atoms with E-state index in [1.807, 2.05) is 26.0 Å². The number of carbonyl (C=O) groups excluding carboxylic acids is 2. The fourth-order valence-electron chi connectivity index (χ4n) is 2.71. The Balaban J connectivity index is 2.21. The van der Waals surface area contributed by atoms with Crippen LogP contribution in [-0.4, -0.2) is 28.5 Å². The topological polar surface area (TPSA) is 104 Å². The van der Waals surface area contributed by atoms with Gasteiger partial charge in [0.1, 0.15) is 12.1 Å². The van der Waals surface area contributed by atoms with Crippen LogP contribution in [-0.2, 0) is 16.1 Å². The van der Waals surface area contributed by atoms with Crippen LogP contribution in [0.2, 0.25) is 0 Å². The van der Waals surface area contributed by atoms with Gasteiger partial charge in [0.25, 0.3) is 11.6 Å². The SMILES string of the molecule is COC(=O)Cn1c(=NC(=O)c2ccccc2[N+](=O)[O-])sc2cc(C)c(C)cc21. The Bertz CT molecular complexity index is 1180. The number of methoxy groups -OCH3 is 1. The molecule has 8 nitrogen and oxygen atoms in total. The zero-order valence-electron chi connectivity index (χ0n) is 15.5. The predicted molar refractivity (Wildman–Crippen MR) is 104 cm³/mol.